The van der Waals surface area contributed by atoms with Crippen molar-refractivity contribution in [3.8, 4) is 0 Å². The number of anilines is 1. The van der Waals surface area contributed by atoms with Gasteiger partial charge in [-0.15, -0.1) is 0 Å². The number of aryl methyl sites for hydroxylation is 1. The number of amides is 1. The highest BCUT2D eigenvalue weighted by atomic mass is 32.2. The zero-order valence-corrected chi connectivity index (χ0v) is 16.1. The van der Waals surface area contributed by atoms with Gasteiger partial charge in [0, 0.05) is 24.8 Å². The molecule has 0 aliphatic rings. The SMILES string of the molecule is Cc1[nH]c(SC(C)C(=O)N(C)c2ccccc2)nc1Cc1ccccc1. The summed E-state index contributed by atoms with van der Waals surface area (Å²) >= 11 is 1.46. The van der Waals surface area contributed by atoms with Crippen molar-refractivity contribution in [3.63, 3.8) is 0 Å². The van der Waals surface area contributed by atoms with E-state index in [1.807, 2.05) is 69.4 Å². The maximum absolute atomic E-state index is 12.7. The molecular formula is C21H23N3OS. The molecular weight excluding hydrogens is 342 g/mol. The van der Waals surface area contributed by atoms with Crippen molar-refractivity contribution in [3.05, 3.63) is 77.6 Å². The first-order valence-electron chi connectivity index (χ1n) is 8.63. The van der Waals surface area contributed by atoms with E-state index in [-0.39, 0.29) is 11.2 Å². The monoisotopic (exact) mass is 365 g/mol. The fourth-order valence-corrected chi connectivity index (χ4v) is 3.72. The average molecular weight is 366 g/mol. The summed E-state index contributed by atoms with van der Waals surface area (Å²) in [5, 5.41) is 0.561. The molecule has 0 radical (unpaired) electrons. The van der Waals surface area contributed by atoms with Crippen LogP contribution >= 0.6 is 11.8 Å². The topological polar surface area (TPSA) is 49.0 Å². The van der Waals surface area contributed by atoms with Crippen molar-refractivity contribution < 1.29 is 4.79 Å². The minimum absolute atomic E-state index is 0.0554. The van der Waals surface area contributed by atoms with E-state index >= 15 is 0 Å². The Morgan fingerprint density at radius 2 is 1.73 bits per heavy atom. The molecule has 1 atom stereocenters. The van der Waals surface area contributed by atoms with Crippen molar-refractivity contribution in [2.24, 2.45) is 0 Å². The Morgan fingerprint density at radius 1 is 1.12 bits per heavy atom. The van der Waals surface area contributed by atoms with Crippen LogP contribution in [0, 0.1) is 6.92 Å². The zero-order valence-electron chi connectivity index (χ0n) is 15.3. The molecule has 1 heterocycles. The molecule has 4 nitrogen and oxygen atoms in total. The van der Waals surface area contributed by atoms with E-state index in [4.69, 9.17) is 4.98 Å². The number of aromatic amines is 1. The van der Waals surface area contributed by atoms with E-state index in [1.165, 1.54) is 17.3 Å². The second-order valence-corrected chi connectivity index (χ2v) is 7.60. The van der Waals surface area contributed by atoms with Crippen LogP contribution in [0.1, 0.15) is 23.9 Å². The number of imidazole rings is 1. The lowest BCUT2D eigenvalue weighted by Gasteiger charge is -2.20. The number of hydrogen-bond acceptors (Lipinski definition) is 3. The van der Waals surface area contributed by atoms with E-state index in [0.717, 1.165) is 28.7 Å². The van der Waals surface area contributed by atoms with Crippen LogP contribution in [-0.4, -0.2) is 28.2 Å². The number of nitrogens with zero attached hydrogens (tertiary/aromatic N) is 2. The van der Waals surface area contributed by atoms with Crippen LogP contribution in [0.4, 0.5) is 5.69 Å². The molecule has 1 unspecified atom stereocenters. The highest BCUT2D eigenvalue weighted by Gasteiger charge is 2.21. The molecule has 0 fully saturated rings. The van der Waals surface area contributed by atoms with Crippen LogP contribution in [0.5, 0.6) is 0 Å². The molecule has 3 rings (SSSR count). The van der Waals surface area contributed by atoms with Crippen LogP contribution in [0.2, 0.25) is 0 Å². The normalized spacial score (nSPS) is 12.0. The lowest BCUT2D eigenvalue weighted by atomic mass is 10.1. The molecule has 1 amide bonds. The van der Waals surface area contributed by atoms with Gasteiger partial charge in [-0.2, -0.15) is 0 Å². The molecule has 5 heteroatoms. The highest BCUT2D eigenvalue weighted by molar-refractivity contribution is 8.00. The number of aromatic nitrogens is 2. The summed E-state index contributed by atoms with van der Waals surface area (Å²) in [5.74, 6) is 0.0554. The molecule has 1 aromatic heterocycles. The lowest BCUT2D eigenvalue weighted by molar-refractivity contribution is -0.117. The van der Waals surface area contributed by atoms with Crippen LogP contribution in [-0.2, 0) is 11.2 Å². The van der Waals surface area contributed by atoms with Crippen LogP contribution in [0.15, 0.2) is 65.8 Å². The van der Waals surface area contributed by atoms with Crippen molar-refractivity contribution in [1.29, 1.82) is 0 Å². The van der Waals surface area contributed by atoms with Gasteiger partial charge in [0.25, 0.3) is 0 Å². The third-order valence-electron chi connectivity index (χ3n) is 4.29. The Hall–Kier alpha value is -2.53. The van der Waals surface area contributed by atoms with E-state index in [2.05, 4.69) is 17.1 Å². The standard InChI is InChI=1S/C21H23N3OS/c1-15-19(14-17-10-6-4-7-11-17)23-21(22-15)26-16(2)20(25)24(3)18-12-8-5-9-13-18/h4-13,16H,14H2,1-3H3,(H,22,23). The predicted octanol–water partition coefficient (Wildman–Crippen LogP) is 4.45. The molecule has 3 aromatic rings. The van der Waals surface area contributed by atoms with Gasteiger partial charge >= 0.3 is 0 Å². The predicted molar refractivity (Wildman–Crippen MR) is 108 cm³/mol. The van der Waals surface area contributed by atoms with Gasteiger partial charge in [-0.3, -0.25) is 4.79 Å². The van der Waals surface area contributed by atoms with Gasteiger partial charge in [0.15, 0.2) is 5.16 Å². The second kappa shape index (κ2) is 8.23. The number of thioether (sulfide) groups is 1. The first kappa shape index (κ1) is 18.3. The van der Waals surface area contributed by atoms with Gasteiger partial charge < -0.3 is 9.88 Å². The third kappa shape index (κ3) is 4.35. The van der Waals surface area contributed by atoms with Crippen molar-refractivity contribution in [1.82, 2.24) is 9.97 Å². The average Bonchev–Trinajstić information content (AvgIpc) is 3.00. The maximum Gasteiger partial charge on any atom is 0.240 e. The first-order chi connectivity index (χ1) is 12.5. The number of hydrogen-bond donors (Lipinski definition) is 1. The maximum atomic E-state index is 12.7. The fraction of sp³-hybridized carbons (Fsp3) is 0.238. The molecule has 1 N–H and O–H groups in total. The third-order valence-corrected chi connectivity index (χ3v) is 5.26. The van der Waals surface area contributed by atoms with Gasteiger partial charge in [0.2, 0.25) is 5.91 Å². The number of rotatable bonds is 6. The van der Waals surface area contributed by atoms with Gasteiger partial charge in [0.1, 0.15) is 0 Å². The van der Waals surface area contributed by atoms with Crippen molar-refractivity contribution >= 4 is 23.4 Å². The molecule has 2 aromatic carbocycles. The largest absolute Gasteiger partial charge is 0.337 e. The lowest BCUT2D eigenvalue weighted by Crippen LogP contribution is -2.33. The van der Waals surface area contributed by atoms with Crippen LogP contribution < -0.4 is 4.90 Å². The zero-order chi connectivity index (χ0) is 18.5. The molecule has 0 aliphatic carbocycles. The number of benzene rings is 2. The second-order valence-electron chi connectivity index (χ2n) is 6.27. The quantitative estimate of drug-likeness (QED) is 0.657. The Labute approximate surface area is 158 Å². The van der Waals surface area contributed by atoms with Crippen LogP contribution in [0.3, 0.4) is 0 Å². The molecule has 0 spiro atoms. The van der Waals surface area contributed by atoms with E-state index < -0.39 is 0 Å². The van der Waals surface area contributed by atoms with E-state index in [1.54, 1.807) is 4.90 Å². The van der Waals surface area contributed by atoms with Gasteiger partial charge in [-0.05, 0) is 31.5 Å². The van der Waals surface area contributed by atoms with Gasteiger partial charge in [-0.25, -0.2) is 4.98 Å². The molecule has 0 aliphatic heterocycles. The summed E-state index contributed by atoms with van der Waals surface area (Å²) in [5.41, 5.74) is 4.19. The number of carbonyl (C=O) groups excluding carboxylic acids is 1. The Morgan fingerprint density at radius 3 is 2.38 bits per heavy atom. The number of nitrogens with one attached hydrogen (secondary N) is 1. The molecule has 0 saturated carbocycles. The van der Waals surface area contributed by atoms with Crippen molar-refractivity contribution in [2.75, 3.05) is 11.9 Å². The van der Waals surface area contributed by atoms with Crippen LogP contribution in [0.25, 0.3) is 0 Å². The summed E-state index contributed by atoms with van der Waals surface area (Å²) < 4.78 is 0. The minimum atomic E-state index is -0.227. The van der Waals surface area contributed by atoms with E-state index in [9.17, 15) is 4.79 Å². The van der Waals surface area contributed by atoms with Gasteiger partial charge in [-0.1, -0.05) is 60.3 Å². The Kier molecular flexibility index (Phi) is 5.78. The number of H-pyrrole nitrogens is 1. The highest BCUT2D eigenvalue weighted by Crippen LogP contribution is 2.25. The first-order valence-corrected chi connectivity index (χ1v) is 9.51. The van der Waals surface area contributed by atoms with Gasteiger partial charge in [0.05, 0.1) is 10.9 Å². The smallest absolute Gasteiger partial charge is 0.240 e. The fourth-order valence-electron chi connectivity index (χ4n) is 2.75. The van der Waals surface area contributed by atoms with E-state index in [0.29, 0.717) is 0 Å². The van der Waals surface area contributed by atoms with Crippen molar-refractivity contribution in [2.45, 2.75) is 30.7 Å². The molecule has 26 heavy (non-hydrogen) atoms. The molecule has 134 valence electrons. The summed E-state index contributed by atoms with van der Waals surface area (Å²) in [6.07, 6.45) is 0.788. The summed E-state index contributed by atoms with van der Waals surface area (Å²) in [4.78, 5) is 22.4. The summed E-state index contributed by atoms with van der Waals surface area (Å²) in [6, 6.07) is 20.0. The number of para-hydroxylation sites is 1. The summed E-state index contributed by atoms with van der Waals surface area (Å²) in [7, 11) is 1.81. The Balaban J connectivity index is 1.67. The summed E-state index contributed by atoms with van der Waals surface area (Å²) in [6.45, 7) is 3.94. The molecule has 0 saturated heterocycles. The minimum Gasteiger partial charge on any atom is -0.337 e. The Bertz CT molecular complexity index is 861. The molecule has 0 bridgehead atoms. The number of carbonyl (C=O) groups is 1.